The lowest BCUT2D eigenvalue weighted by Gasteiger charge is -2.17. The van der Waals surface area contributed by atoms with Crippen LogP contribution in [0.25, 0.3) is 0 Å². The lowest BCUT2D eigenvalue weighted by atomic mass is 10.1. The van der Waals surface area contributed by atoms with E-state index in [1.54, 1.807) is 31.5 Å². The average molecular weight is 437 g/mol. The molecule has 9 heteroatoms. The van der Waals surface area contributed by atoms with Gasteiger partial charge in [0.2, 0.25) is 5.96 Å². The number of carbonyl (C=O) groups excluding carboxylic acids is 1. The van der Waals surface area contributed by atoms with Crippen molar-refractivity contribution in [3.05, 3.63) is 60.1 Å². The SMILES string of the molecule is CC/C1=C(\C(C)=O)CC(SC)=N/C=N/C(=Nc2ccc(Oc3ccncc3)cc2)NN1. The van der Waals surface area contributed by atoms with Gasteiger partial charge >= 0.3 is 0 Å². The van der Waals surface area contributed by atoms with Gasteiger partial charge in [-0.15, -0.1) is 11.8 Å². The minimum Gasteiger partial charge on any atom is -0.457 e. The summed E-state index contributed by atoms with van der Waals surface area (Å²) in [5.74, 6) is 1.73. The second-order valence-corrected chi connectivity index (χ2v) is 7.36. The van der Waals surface area contributed by atoms with E-state index in [9.17, 15) is 4.79 Å². The van der Waals surface area contributed by atoms with E-state index < -0.39 is 0 Å². The van der Waals surface area contributed by atoms with Gasteiger partial charge in [-0.3, -0.25) is 15.2 Å². The first-order valence-corrected chi connectivity index (χ1v) is 11.0. The number of hydrazine groups is 1. The van der Waals surface area contributed by atoms with E-state index >= 15 is 0 Å². The number of thioether (sulfide) groups is 1. The fourth-order valence-electron chi connectivity index (χ4n) is 2.76. The molecule has 0 unspecified atom stereocenters. The van der Waals surface area contributed by atoms with Crippen molar-refractivity contribution in [2.45, 2.75) is 26.7 Å². The van der Waals surface area contributed by atoms with Gasteiger partial charge in [0.1, 0.15) is 17.8 Å². The third-order valence-corrected chi connectivity index (χ3v) is 5.09. The predicted molar refractivity (Wildman–Crippen MR) is 126 cm³/mol. The first kappa shape index (κ1) is 22.2. The van der Waals surface area contributed by atoms with E-state index in [0.717, 1.165) is 10.7 Å². The number of benzene rings is 1. The van der Waals surface area contributed by atoms with Crippen molar-refractivity contribution in [1.82, 2.24) is 15.8 Å². The van der Waals surface area contributed by atoms with Crippen LogP contribution in [-0.4, -0.2) is 34.4 Å². The van der Waals surface area contributed by atoms with Crippen molar-refractivity contribution < 1.29 is 9.53 Å². The quantitative estimate of drug-likeness (QED) is 0.720. The third-order valence-electron chi connectivity index (χ3n) is 4.37. The number of hydrogen-bond donors (Lipinski definition) is 2. The monoisotopic (exact) mass is 436 g/mol. The van der Waals surface area contributed by atoms with Crippen molar-refractivity contribution in [3.63, 3.8) is 0 Å². The number of aliphatic imine (C=N–C) groups is 3. The lowest BCUT2D eigenvalue weighted by Crippen LogP contribution is -2.37. The summed E-state index contributed by atoms with van der Waals surface area (Å²) in [6.07, 6.45) is 7.83. The van der Waals surface area contributed by atoms with Crippen LogP contribution >= 0.6 is 11.8 Å². The van der Waals surface area contributed by atoms with Gasteiger partial charge in [-0.2, -0.15) is 4.99 Å². The first-order chi connectivity index (χ1) is 15.1. The molecule has 0 radical (unpaired) electrons. The molecule has 0 aliphatic carbocycles. The molecule has 2 aromatic rings. The number of aromatic nitrogens is 1. The van der Waals surface area contributed by atoms with Crippen molar-refractivity contribution in [2.24, 2.45) is 15.0 Å². The maximum absolute atomic E-state index is 12.2. The Morgan fingerprint density at radius 2 is 1.84 bits per heavy atom. The zero-order chi connectivity index (χ0) is 22.1. The van der Waals surface area contributed by atoms with Gasteiger partial charge < -0.3 is 10.2 Å². The van der Waals surface area contributed by atoms with Crippen molar-refractivity contribution in [1.29, 1.82) is 0 Å². The second kappa shape index (κ2) is 11.1. The first-order valence-electron chi connectivity index (χ1n) is 9.74. The zero-order valence-corrected chi connectivity index (χ0v) is 18.4. The fourth-order valence-corrected chi connectivity index (χ4v) is 3.21. The summed E-state index contributed by atoms with van der Waals surface area (Å²) >= 11 is 1.49. The molecule has 0 amide bonds. The van der Waals surface area contributed by atoms with Gasteiger partial charge in [0.25, 0.3) is 0 Å². The Labute approximate surface area is 185 Å². The number of pyridine rings is 1. The molecule has 0 atom stereocenters. The summed E-state index contributed by atoms with van der Waals surface area (Å²) in [6, 6.07) is 10.9. The highest BCUT2D eigenvalue weighted by atomic mass is 32.2. The third kappa shape index (κ3) is 6.51. The van der Waals surface area contributed by atoms with E-state index in [-0.39, 0.29) is 5.78 Å². The van der Waals surface area contributed by atoms with Crippen molar-refractivity contribution >= 4 is 40.6 Å². The van der Waals surface area contributed by atoms with Gasteiger partial charge in [-0.05, 0) is 56.0 Å². The minimum atomic E-state index is 0.00804. The number of ketones is 1. The van der Waals surface area contributed by atoms with Gasteiger partial charge in [-0.25, -0.2) is 9.98 Å². The molecular weight excluding hydrogens is 412 g/mol. The summed E-state index contributed by atoms with van der Waals surface area (Å²) in [4.78, 5) is 29.4. The molecule has 0 bridgehead atoms. The number of allylic oxidation sites excluding steroid dienone is 2. The molecule has 2 heterocycles. The van der Waals surface area contributed by atoms with Crippen LogP contribution in [0.5, 0.6) is 11.5 Å². The van der Waals surface area contributed by atoms with Crippen LogP contribution in [-0.2, 0) is 4.79 Å². The number of rotatable bonds is 5. The van der Waals surface area contributed by atoms with Gasteiger partial charge in [0.15, 0.2) is 5.78 Å². The molecule has 2 N–H and O–H groups in total. The number of guanidine groups is 1. The van der Waals surface area contributed by atoms with Crippen LogP contribution in [0.15, 0.2) is 75.0 Å². The minimum absolute atomic E-state index is 0.00804. The molecule has 1 aliphatic heterocycles. The van der Waals surface area contributed by atoms with E-state index in [2.05, 4.69) is 30.8 Å². The average Bonchev–Trinajstić information content (AvgIpc) is 2.79. The number of nitrogens with zero attached hydrogens (tertiary/aromatic N) is 4. The van der Waals surface area contributed by atoms with Gasteiger partial charge in [0.05, 0.1) is 10.7 Å². The Hall–Kier alpha value is -3.46. The molecule has 8 nitrogen and oxygen atoms in total. The fraction of sp³-hybridized carbons (Fsp3) is 0.227. The lowest BCUT2D eigenvalue weighted by molar-refractivity contribution is -0.113. The Kier molecular flexibility index (Phi) is 7.94. The Bertz CT molecular complexity index is 1030. The molecule has 0 saturated carbocycles. The molecule has 1 aliphatic rings. The number of nitrogens with one attached hydrogen (secondary N) is 2. The molecule has 0 spiro atoms. The predicted octanol–water partition coefficient (Wildman–Crippen LogP) is 4.40. The summed E-state index contributed by atoms with van der Waals surface area (Å²) in [5, 5.41) is 0.806. The van der Waals surface area contributed by atoms with Crippen molar-refractivity contribution in [2.75, 3.05) is 6.26 Å². The smallest absolute Gasteiger partial charge is 0.243 e. The largest absolute Gasteiger partial charge is 0.457 e. The highest BCUT2D eigenvalue weighted by Gasteiger charge is 2.15. The van der Waals surface area contributed by atoms with Crippen molar-refractivity contribution in [3.8, 4) is 11.5 Å². The number of ether oxygens (including phenoxy) is 1. The number of hydrogen-bond acceptors (Lipinski definition) is 7. The second-order valence-electron chi connectivity index (χ2n) is 6.48. The van der Waals surface area contributed by atoms with Crippen LogP contribution in [0.2, 0.25) is 0 Å². The molecule has 3 rings (SSSR count). The maximum atomic E-state index is 12.2. The summed E-state index contributed by atoms with van der Waals surface area (Å²) < 4.78 is 5.77. The number of Topliss-reactive ketones (excluding diaryl/α,β-unsaturated/α-hetero) is 1. The van der Waals surface area contributed by atoms with Crippen LogP contribution in [0.4, 0.5) is 5.69 Å². The summed E-state index contributed by atoms with van der Waals surface area (Å²) in [7, 11) is 0. The van der Waals surface area contributed by atoms with Crippen LogP contribution in [0.3, 0.4) is 0 Å². The van der Waals surface area contributed by atoms with Crippen LogP contribution in [0.1, 0.15) is 26.7 Å². The molecular formula is C22H24N6O2S. The summed E-state index contributed by atoms with van der Waals surface area (Å²) in [6.45, 7) is 3.55. The molecule has 0 fully saturated rings. The topological polar surface area (TPSA) is 100 Å². The van der Waals surface area contributed by atoms with E-state index in [1.165, 1.54) is 18.1 Å². The van der Waals surface area contributed by atoms with Crippen LogP contribution < -0.4 is 15.6 Å². The van der Waals surface area contributed by atoms with Gasteiger partial charge in [0, 0.05) is 30.1 Å². The highest BCUT2D eigenvalue weighted by molar-refractivity contribution is 8.13. The molecule has 0 saturated heterocycles. The normalized spacial score (nSPS) is 19.1. The molecule has 1 aromatic heterocycles. The Morgan fingerprint density at radius 3 is 2.48 bits per heavy atom. The summed E-state index contributed by atoms with van der Waals surface area (Å²) in [5.41, 5.74) is 8.25. The van der Waals surface area contributed by atoms with Gasteiger partial charge in [-0.1, -0.05) is 6.92 Å². The highest BCUT2D eigenvalue weighted by Crippen LogP contribution is 2.23. The standard InChI is InChI=1S/C22H24N6O2S/c1-4-20-19(15(2)29)13-21(31-3)24-14-25-22(28-27-20)26-16-5-7-17(8-6-16)30-18-9-11-23-12-10-18/h5-12,14,27H,4,13H2,1-3H3,(H,26,28)/b20-19+,24-21?,25-14+. The molecule has 160 valence electrons. The maximum Gasteiger partial charge on any atom is 0.243 e. The Balaban J connectivity index is 1.83. The molecule has 1 aromatic carbocycles. The number of carbonyl (C=O) groups is 1. The Morgan fingerprint density at radius 1 is 1.13 bits per heavy atom. The molecule has 31 heavy (non-hydrogen) atoms. The van der Waals surface area contributed by atoms with E-state index in [1.807, 2.05) is 37.4 Å². The van der Waals surface area contributed by atoms with Crippen LogP contribution in [0, 0.1) is 0 Å². The van der Waals surface area contributed by atoms with E-state index in [4.69, 9.17) is 4.74 Å². The van der Waals surface area contributed by atoms with E-state index in [0.29, 0.717) is 41.6 Å². The zero-order valence-electron chi connectivity index (χ0n) is 17.6.